The van der Waals surface area contributed by atoms with Crippen LogP contribution in [0.1, 0.15) is 18.1 Å². The van der Waals surface area contributed by atoms with E-state index in [1.807, 2.05) is 31.2 Å². The second kappa shape index (κ2) is 8.28. The fourth-order valence-corrected chi connectivity index (χ4v) is 2.55. The van der Waals surface area contributed by atoms with E-state index in [4.69, 9.17) is 25.8 Å². The molecule has 0 N–H and O–H groups in total. The first-order valence-corrected chi connectivity index (χ1v) is 7.77. The molecule has 5 heteroatoms. The molecule has 0 bridgehead atoms. The van der Waals surface area contributed by atoms with Crippen molar-refractivity contribution in [3.8, 4) is 23.3 Å². The smallest absolute Gasteiger partial charge is 0.179 e. The van der Waals surface area contributed by atoms with Crippen LogP contribution in [0.3, 0.4) is 0 Å². The van der Waals surface area contributed by atoms with E-state index >= 15 is 0 Å². The van der Waals surface area contributed by atoms with Crippen molar-refractivity contribution in [3.05, 3.63) is 52.5 Å². The Hall–Kier alpha value is -2.64. The van der Waals surface area contributed by atoms with Gasteiger partial charge in [-0.1, -0.05) is 11.6 Å². The van der Waals surface area contributed by atoms with Gasteiger partial charge in [0.05, 0.1) is 37.5 Å². The van der Waals surface area contributed by atoms with Gasteiger partial charge in [-0.2, -0.15) is 5.26 Å². The summed E-state index contributed by atoms with van der Waals surface area (Å²) in [6.07, 6.45) is 1.76. The summed E-state index contributed by atoms with van der Waals surface area (Å²) in [6, 6.07) is 13.0. The molecular formula is C19H18ClNO3. The first kappa shape index (κ1) is 17.7. The number of nitrogens with zero attached hydrogens (tertiary/aromatic N) is 1. The van der Waals surface area contributed by atoms with Gasteiger partial charge in [0.25, 0.3) is 0 Å². The molecule has 124 valence electrons. The van der Waals surface area contributed by atoms with E-state index in [9.17, 15) is 5.26 Å². The highest BCUT2D eigenvalue weighted by molar-refractivity contribution is 6.32. The molecule has 24 heavy (non-hydrogen) atoms. The van der Waals surface area contributed by atoms with Gasteiger partial charge in [-0.05, 0) is 60.5 Å². The standard InChI is InChI=1S/C19H18ClNO3/c1-4-24-18-11-13(10-17(20)19(18)23-3)9-15(12-21)14-5-7-16(22-2)8-6-14/h5-11H,4H2,1-3H3/b15-9+. The van der Waals surface area contributed by atoms with Gasteiger partial charge in [0.2, 0.25) is 0 Å². The molecule has 4 nitrogen and oxygen atoms in total. The van der Waals surface area contributed by atoms with Gasteiger partial charge in [-0.15, -0.1) is 0 Å². The van der Waals surface area contributed by atoms with Crippen LogP contribution in [0, 0.1) is 11.3 Å². The van der Waals surface area contributed by atoms with Crippen LogP contribution in [0.5, 0.6) is 17.2 Å². The molecule has 0 amide bonds. The quantitative estimate of drug-likeness (QED) is 0.557. The molecule has 2 rings (SSSR count). The molecular weight excluding hydrogens is 326 g/mol. The Kier molecular flexibility index (Phi) is 6.11. The minimum atomic E-state index is 0.432. The number of hydrogen-bond acceptors (Lipinski definition) is 4. The third-order valence-electron chi connectivity index (χ3n) is 3.37. The molecule has 0 radical (unpaired) electrons. The lowest BCUT2D eigenvalue weighted by Crippen LogP contribution is -1.96. The van der Waals surface area contributed by atoms with Crippen molar-refractivity contribution >= 4 is 23.3 Å². The van der Waals surface area contributed by atoms with E-state index in [1.165, 1.54) is 7.11 Å². The van der Waals surface area contributed by atoms with Crippen LogP contribution in [0.2, 0.25) is 5.02 Å². The van der Waals surface area contributed by atoms with Crippen LogP contribution in [-0.2, 0) is 0 Å². The summed E-state index contributed by atoms with van der Waals surface area (Å²) in [7, 11) is 3.14. The van der Waals surface area contributed by atoms with E-state index in [1.54, 1.807) is 25.3 Å². The fraction of sp³-hybridized carbons (Fsp3) is 0.211. The molecule has 0 aliphatic rings. The maximum Gasteiger partial charge on any atom is 0.179 e. The monoisotopic (exact) mass is 343 g/mol. The Labute approximate surface area is 146 Å². The number of hydrogen-bond donors (Lipinski definition) is 0. The summed E-state index contributed by atoms with van der Waals surface area (Å²) in [5.74, 6) is 1.77. The summed E-state index contributed by atoms with van der Waals surface area (Å²) in [6.45, 7) is 2.37. The third kappa shape index (κ3) is 4.01. The zero-order chi connectivity index (χ0) is 17.5. The van der Waals surface area contributed by atoms with Crippen molar-refractivity contribution in [1.29, 1.82) is 5.26 Å². The minimum Gasteiger partial charge on any atom is -0.497 e. The highest BCUT2D eigenvalue weighted by Gasteiger charge is 2.11. The summed E-state index contributed by atoms with van der Waals surface area (Å²) < 4.78 is 16.0. The normalized spacial score (nSPS) is 10.9. The predicted molar refractivity (Wildman–Crippen MR) is 95.7 cm³/mol. The second-order valence-corrected chi connectivity index (χ2v) is 5.27. The molecule has 0 spiro atoms. The Morgan fingerprint density at radius 3 is 2.42 bits per heavy atom. The largest absolute Gasteiger partial charge is 0.497 e. The van der Waals surface area contributed by atoms with Crippen molar-refractivity contribution < 1.29 is 14.2 Å². The van der Waals surface area contributed by atoms with Gasteiger partial charge in [0.1, 0.15) is 5.75 Å². The Balaban J connectivity index is 2.45. The van der Waals surface area contributed by atoms with Crippen LogP contribution in [0.25, 0.3) is 11.6 Å². The summed E-state index contributed by atoms with van der Waals surface area (Å²) in [5, 5.41) is 9.90. The zero-order valence-electron chi connectivity index (χ0n) is 13.8. The number of allylic oxidation sites excluding steroid dienone is 1. The summed E-state index contributed by atoms with van der Waals surface area (Å²) in [4.78, 5) is 0. The molecule has 0 aliphatic heterocycles. The van der Waals surface area contributed by atoms with Gasteiger partial charge < -0.3 is 14.2 Å². The molecule has 0 aliphatic carbocycles. The summed E-state index contributed by atoms with van der Waals surface area (Å²) in [5.41, 5.74) is 2.07. The topological polar surface area (TPSA) is 51.5 Å². The molecule has 0 heterocycles. The summed E-state index contributed by atoms with van der Waals surface area (Å²) >= 11 is 6.25. The molecule has 0 unspecified atom stereocenters. The van der Waals surface area contributed by atoms with Crippen LogP contribution >= 0.6 is 11.6 Å². The average Bonchev–Trinajstić information content (AvgIpc) is 2.60. The van der Waals surface area contributed by atoms with Crippen molar-refractivity contribution in [3.63, 3.8) is 0 Å². The van der Waals surface area contributed by atoms with Crippen molar-refractivity contribution in [2.75, 3.05) is 20.8 Å². The predicted octanol–water partition coefficient (Wildman–Crippen LogP) is 4.82. The van der Waals surface area contributed by atoms with Crippen LogP contribution in [0.15, 0.2) is 36.4 Å². The average molecular weight is 344 g/mol. The lowest BCUT2D eigenvalue weighted by molar-refractivity contribution is 0.311. The minimum absolute atomic E-state index is 0.432. The molecule has 0 saturated heterocycles. The number of rotatable bonds is 6. The maximum absolute atomic E-state index is 9.47. The van der Waals surface area contributed by atoms with Gasteiger partial charge in [0, 0.05) is 0 Å². The first-order valence-electron chi connectivity index (χ1n) is 7.39. The van der Waals surface area contributed by atoms with Crippen LogP contribution in [-0.4, -0.2) is 20.8 Å². The number of benzene rings is 2. The number of halogens is 1. The van der Waals surface area contributed by atoms with Crippen LogP contribution in [0.4, 0.5) is 0 Å². The number of methoxy groups -OCH3 is 2. The Morgan fingerprint density at radius 1 is 1.17 bits per heavy atom. The highest BCUT2D eigenvalue weighted by atomic mass is 35.5. The van der Waals surface area contributed by atoms with Crippen molar-refractivity contribution in [2.45, 2.75) is 6.92 Å². The van der Waals surface area contributed by atoms with E-state index in [-0.39, 0.29) is 0 Å². The second-order valence-electron chi connectivity index (χ2n) is 4.87. The van der Waals surface area contributed by atoms with Gasteiger partial charge >= 0.3 is 0 Å². The zero-order valence-corrected chi connectivity index (χ0v) is 14.6. The van der Waals surface area contributed by atoms with Crippen molar-refractivity contribution in [1.82, 2.24) is 0 Å². The number of ether oxygens (including phenoxy) is 3. The van der Waals surface area contributed by atoms with Gasteiger partial charge in [-0.3, -0.25) is 0 Å². The molecule has 2 aromatic carbocycles. The first-order chi connectivity index (χ1) is 11.6. The van der Waals surface area contributed by atoms with Gasteiger partial charge in [-0.25, -0.2) is 0 Å². The molecule has 2 aromatic rings. The third-order valence-corrected chi connectivity index (χ3v) is 3.65. The van der Waals surface area contributed by atoms with Gasteiger partial charge in [0.15, 0.2) is 11.5 Å². The Morgan fingerprint density at radius 2 is 1.88 bits per heavy atom. The van der Waals surface area contributed by atoms with E-state index in [2.05, 4.69) is 6.07 Å². The lowest BCUT2D eigenvalue weighted by Gasteiger charge is -2.12. The van der Waals surface area contributed by atoms with E-state index in [0.29, 0.717) is 28.7 Å². The van der Waals surface area contributed by atoms with Crippen LogP contribution < -0.4 is 14.2 Å². The molecule has 0 saturated carbocycles. The molecule has 0 aromatic heterocycles. The SMILES string of the molecule is CCOc1cc(/C=C(\C#N)c2ccc(OC)cc2)cc(Cl)c1OC. The number of nitriles is 1. The van der Waals surface area contributed by atoms with Crippen molar-refractivity contribution in [2.24, 2.45) is 0 Å². The Bertz CT molecular complexity index is 776. The lowest BCUT2D eigenvalue weighted by atomic mass is 10.0. The fourth-order valence-electron chi connectivity index (χ4n) is 2.25. The molecule has 0 atom stereocenters. The van der Waals surface area contributed by atoms with E-state index < -0.39 is 0 Å². The van der Waals surface area contributed by atoms with E-state index in [0.717, 1.165) is 16.9 Å². The molecule has 0 fully saturated rings. The maximum atomic E-state index is 9.47. The highest BCUT2D eigenvalue weighted by Crippen LogP contribution is 2.37.